The Bertz CT molecular complexity index is 528. The van der Waals surface area contributed by atoms with E-state index in [0.29, 0.717) is 0 Å². The average Bonchev–Trinajstić information content (AvgIpc) is 2.55. The molecule has 2 aliphatic carbocycles. The third-order valence-corrected chi connectivity index (χ3v) is 2.73. The minimum absolute atomic E-state index is 0.652. The molecule has 0 fully saturated rings. The Hall–Kier alpha value is -1.96. The number of nitrogens with zero attached hydrogens (tertiary/aromatic N) is 1. The van der Waals surface area contributed by atoms with E-state index in [0.717, 1.165) is 5.56 Å². The molecule has 17 heavy (non-hydrogen) atoms. The van der Waals surface area contributed by atoms with Crippen LogP contribution in [-0.4, -0.2) is 5.54 Å². The lowest BCUT2D eigenvalue weighted by atomic mass is 10.0. The highest BCUT2D eigenvalue weighted by molar-refractivity contribution is 5.78. The van der Waals surface area contributed by atoms with Crippen molar-refractivity contribution in [2.45, 2.75) is 19.4 Å². The molecular formula is C15H15NO. The van der Waals surface area contributed by atoms with E-state index in [4.69, 9.17) is 0 Å². The zero-order valence-electron chi connectivity index (χ0n) is 10.1. The molecule has 0 aromatic rings. The molecule has 0 aromatic carbocycles. The Morgan fingerprint density at radius 2 is 1.82 bits per heavy atom. The third-order valence-electron chi connectivity index (χ3n) is 2.73. The van der Waals surface area contributed by atoms with Gasteiger partial charge >= 0.3 is 0 Å². The number of nitroso groups, excluding NO2 is 1. The van der Waals surface area contributed by atoms with Crippen LogP contribution in [0.1, 0.15) is 19.4 Å². The Morgan fingerprint density at radius 3 is 2.59 bits per heavy atom. The lowest BCUT2D eigenvalue weighted by Gasteiger charge is -2.07. The van der Waals surface area contributed by atoms with Crippen molar-refractivity contribution in [2.24, 2.45) is 5.18 Å². The monoisotopic (exact) mass is 225 g/mol. The standard InChI is InChI=1S/C15H15NO/c1-15(2,16-17)11-10-13-9-8-12-6-4-3-5-7-14(12)13/h3-11H,1-2H3/b11-10+. The van der Waals surface area contributed by atoms with Crippen molar-refractivity contribution >= 4 is 6.08 Å². The molecule has 0 radical (unpaired) electrons. The molecular weight excluding hydrogens is 210 g/mol. The van der Waals surface area contributed by atoms with Crippen LogP contribution < -0.4 is 0 Å². The van der Waals surface area contributed by atoms with Gasteiger partial charge in [-0.25, -0.2) is 0 Å². The quantitative estimate of drug-likeness (QED) is 0.714. The van der Waals surface area contributed by atoms with Gasteiger partial charge in [-0.15, -0.1) is 4.91 Å². The molecule has 2 rings (SSSR count). The number of hydrogen-bond donors (Lipinski definition) is 0. The van der Waals surface area contributed by atoms with Gasteiger partial charge in [0.05, 0.1) is 0 Å². The van der Waals surface area contributed by atoms with Crippen LogP contribution >= 0.6 is 0 Å². The zero-order valence-corrected chi connectivity index (χ0v) is 10.1. The molecule has 0 spiro atoms. The van der Waals surface area contributed by atoms with E-state index in [-0.39, 0.29) is 0 Å². The fraction of sp³-hybridized carbons (Fsp3) is 0.200. The first kappa shape index (κ1) is 11.5. The first-order chi connectivity index (χ1) is 8.12. The molecule has 86 valence electrons. The summed E-state index contributed by atoms with van der Waals surface area (Å²) < 4.78 is 0. The van der Waals surface area contributed by atoms with E-state index in [1.165, 1.54) is 11.1 Å². The van der Waals surface area contributed by atoms with Gasteiger partial charge in [-0.3, -0.25) is 0 Å². The van der Waals surface area contributed by atoms with Gasteiger partial charge in [0.1, 0.15) is 5.54 Å². The van der Waals surface area contributed by atoms with E-state index in [9.17, 15) is 4.91 Å². The van der Waals surface area contributed by atoms with Crippen LogP contribution in [0.4, 0.5) is 0 Å². The van der Waals surface area contributed by atoms with Crippen LogP contribution in [0.2, 0.25) is 0 Å². The molecule has 0 bridgehead atoms. The lowest BCUT2D eigenvalue weighted by Crippen LogP contribution is -2.10. The van der Waals surface area contributed by atoms with Gasteiger partial charge in [0.15, 0.2) is 0 Å². The molecule has 2 aliphatic rings. The SMILES string of the molecule is CC(C)(/C=C/c1ccc2cccccc1-2)N=O. The Morgan fingerprint density at radius 1 is 1.06 bits per heavy atom. The minimum atomic E-state index is -0.652. The predicted octanol–water partition coefficient (Wildman–Crippen LogP) is 4.35. The summed E-state index contributed by atoms with van der Waals surface area (Å²) in [6.07, 6.45) is 3.80. The Balaban J connectivity index is 2.37. The molecule has 0 saturated carbocycles. The average molecular weight is 225 g/mol. The maximum atomic E-state index is 10.6. The summed E-state index contributed by atoms with van der Waals surface area (Å²) in [5.74, 6) is 0. The highest BCUT2D eigenvalue weighted by Gasteiger charge is 2.13. The maximum absolute atomic E-state index is 10.6. The van der Waals surface area contributed by atoms with Crippen molar-refractivity contribution in [3.05, 3.63) is 59.0 Å². The molecule has 0 unspecified atom stereocenters. The fourth-order valence-corrected chi connectivity index (χ4v) is 1.71. The molecule has 0 heterocycles. The van der Waals surface area contributed by atoms with Gasteiger partial charge in [0, 0.05) is 0 Å². The van der Waals surface area contributed by atoms with Crippen molar-refractivity contribution < 1.29 is 0 Å². The minimum Gasteiger partial charge on any atom is -0.150 e. The largest absolute Gasteiger partial charge is 0.150 e. The molecule has 2 heteroatoms. The van der Waals surface area contributed by atoms with E-state index in [2.05, 4.69) is 29.4 Å². The van der Waals surface area contributed by atoms with Crippen molar-refractivity contribution in [3.63, 3.8) is 0 Å². The van der Waals surface area contributed by atoms with Crippen molar-refractivity contribution in [1.82, 2.24) is 0 Å². The lowest BCUT2D eigenvalue weighted by molar-refractivity contribution is 0.654. The highest BCUT2D eigenvalue weighted by Crippen LogP contribution is 2.28. The number of fused-ring (bicyclic) bond motifs is 1. The summed E-state index contributed by atoms with van der Waals surface area (Å²) >= 11 is 0. The molecule has 0 aromatic heterocycles. The normalized spacial score (nSPS) is 12.1. The predicted molar refractivity (Wildman–Crippen MR) is 72.0 cm³/mol. The number of hydrogen-bond acceptors (Lipinski definition) is 2. The van der Waals surface area contributed by atoms with Crippen molar-refractivity contribution in [1.29, 1.82) is 0 Å². The second-order valence-electron chi connectivity index (χ2n) is 4.65. The fourth-order valence-electron chi connectivity index (χ4n) is 1.71. The maximum Gasteiger partial charge on any atom is 0.115 e. The summed E-state index contributed by atoms with van der Waals surface area (Å²) in [6, 6.07) is 14.3. The Kier molecular flexibility index (Phi) is 3.05. The van der Waals surface area contributed by atoms with Crippen LogP contribution in [0, 0.1) is 4.91 Å². The van der Waals surface area contributed by atoms with Gasteiger partial charge in [0.2, 0.25) is 0 Å². The van der Waals surface area contributed by atoms with E-state index in [1.54, 1.807) is 13.8 Å². The Labute approximate surface area is 101 Å². The van der Waals surface area contributed by atoms with Crippen LogP contribution in [0.15, 0.2) is 53.7 Å². The molecule has 0 atom stereocenters. The van der Waals surface area contributed by atoms with Gasteiger partial charge < -0.3 is 0 Å². The summed E-state index contributed by atoms with van der Waals surface area (Å²) in [6.45, 7) is 3.59. The topological polar surface area (TPSA) is 29.4 Å². The van der Waals surface area contributed by atoms with Crippen LogP contribution in [0.25, 0.3) is 17.2 Å². The molecule has 0 amide bonds. The van der Waals surface area contributed by atoms with E-state index < -0.39 is 5.54 Å². The zero-order chi connectivity index (χ0) is 12.3. The smallest absolute Gasteiger partial charge is 0.115 e. The van der Waals surface area contributed by atoms with Crippen molar-refractivity contribution in [3.8, 4) is 11.1 Å². The summed E-state index contributed by atoms with van der Waals surface area (Å²) in [7, 11) is 0. The van der Waals surface area contributed by atoms with Crippen LogP contribution in [0.3, 0.4) is 0 Å². The van der Waals surface area contributed by atoms with Gasteiger partial charge in [0.25, 0.3) is 0 Å². The second-order valence-corrected chi connectivity index (χ2v) is 4.65. The molecule has 2 nitrogen and oxygen atoms in total. The summed E-state index contributed by atoms with van der Waals surface area (Å²) in [5.41, 5.74) is 2.85. The number of rotatable bonds is 3. The van der Waals surface area contributed by atoms with Gasteiger partial charge in [-0.1, -0.05) is 59.8 Å². The summed E-state index contributed by atoms with van der Waals surface area (Å²) in [5, 5.41) is 3.08. The molecule has 0 N–H and O–H groups in total. The first-order valence-corrected chi connectivity index (χ1v) is 5.64. The van der Waals surface area contributed by atoms with Gasteiger partial charge in [-0.2, -0.15) is 0 Å². The highest BCUT2D eigenvalue weighted by atomic mass is 16.3. The third kappa shape index (κ3) is 2.59. The second kappa shape index (κ2) is 4.50. The molecule has 0 aliphatic heterocycles. The summed E-state index contributed by atoms with van der Waals surface area (Å²) in [4.78, 5) is 10.6. The van der Waals surface area contributed by atoms with Crippen LogP contribution in [-0.2, 0) is 0 Å². The molecule has 0 saturated heterocycles. The van der Waals surface area contributed by atoms with Gasteiger partial charge in [-0.05, 0) is 30.5 Å². The first-order valence-electron chi connectivity index (χ1n) is 5.64. The van der Waals surface area contributed by atoms with E-state index in [1.807, 2.05) is 30.4 Å². The van der Waals surface area contributed by atoms with Crippen molar-refractivity contribution in [2.75, 3.05) is 0 Å². The van der Waals surface area contributed by atoms with Crippen LogP contribution in [0.5, 0.6) is 0 Å². The van der Waals surface area contributed by atoms with E-state index >= 15 is 0 Å².